The smallest absolute Gasteiger partial charge is 0.315 e. The third-order valence-electron chi connectivity index (χ3n) is 4.79. The van der Waals surface area contributed by atoms with Crippen molar-refractivity contribution < 1.29 is 23.5 Å². The molecule has 0 fully saturated rings. The van der Waals surface area contributed by atoms with Crippen molar-refractivity contribution in [1.82, 2.24) is 4.98 Å². The Bertz CT molecular complexity index is 1350. The fraction of sp³-hybridized carbons (Fsp3) is 0.0417. The van der Waals surface area contributed by atoms with E-state index in [4.69, 9.17) is 4.42 Å². The summed E-state index contributed by atoms with van der Waals surface area (Å²) in [7, 11) is 0. The zero-order chi connectivity index (χ0) is 22.7. The molecule has 0 spiro atoms. The lowest BCUT2D eigenvalue weighted by Gasteiger charge is -2.15. The first kappa shape index (κ1) is 21.5. The Morgan fingerprint density at radius 3 is 2.72 bits per heavy atom. The van der Waals surface area contributed by atoms with Gasteiger partial charge in [0.2, 0.25) is 5.91 Å². The monoisotopic (exact) mass is 494 g/mol. The summed E-state index contributed by atoms with van der Waals surface area (Å²) in [6.45, 7) is 0. The lowest BCUT2D eigenvalue weighted by atomic mass is 9.90. The summed E-state index contributed by atoms with van der Waals surface area (Å²) in [5.74, 6) is -3.63. The van der Waals surface area contributed by atoms with Crippen molar-refractivity contribution in [3.05, 3.63) is 100 Å². The third kappa shape index (κ3) is 4.76. The number of rotatable bonds is 6. The number of hydrogen-bond acceptors (Lipinski definition) is 4. The number of carbonyl (C=O) groups is 2. The fourth-order valence-corrected chi connectivity index (χ4v) is 3.73. The molecule has 160 valence electrons. The summed E-state index contributed by atoms with van der Waals surface area (Å²) in [5.41, 5.74) is 2.37. The third-order valence-corrected chi connectivity index (χ3v) is 5.28. The van der Waals surface area contributed by atoms with Crippen LogP contribution in [0.3, 0.4) is 0 Å². The number of carboxylic acid groups (broad SMARTS) is 1. The average molecular weight is 495 g/mol. The van der Waals surface area contributed by atoms with E-state index in [2.05, 4.69) is 26.2 Å². The fourth-order valence-electron chi connectivity index (χ4n) is 3.31. The van der Waals surface area contributed by atoms with Gasteiger partial charge >= 0.3 is 5.97 Å². The maximum Gasteiger partial charge on any atom is 0.315 e. The van der Waals surface area contributed by atoms with Crippen molar-refractivity contribution in [3.8, 4) is 0 Å². The predicted molar refractivity (Wildman–Crippen MR) is 122 cm³/mol. The lowest BCUT2D eigenvalue weighted by molar-refractivity contribution is -0.137. The van der Waals surface area contributed by atoms with E-state index < -0.39 is 23.6 Å². The van der Waals surface area contributed by atoms with E-state index in [1.54, 1.807) is 24.3 Å². The van der Waals surface area contributed by atoms with Crippen molar-refractivity contribution >= 4 is 50.7 Å². The van der Waals surface area contributed by atoms with Crippen LogP contribution in [0.1, 0.15) is 22.6 Å². The highest BCUT2D eigenvalue weighted by Crippen LogP contribution is 2.30. The van der Waals surface area contributed by atoms with E-state index >= 15 is 0 Å². The number of oxazole rings is 1. The van der Waals surface area contributed by atoms with Crippen LogP contribution in [0, 0.1) is 5.82 Å². The molecule has 0 saturated heterocycles. The van der Waals surface area contributed by atoms with E-state index in [1.165, 1.54) is 24.6 Å². The molecule has 32 heavy (non-hydrogen) atoms. The van der Waals surface area contributed by atoms with E-state index in [0.29, 0.717) is 16.7 Å². The van der Waals surface area contributed by atoms with Crippen LogP contribution < -0.4 is 5.32 Å². The number of amides is 1. The first-order valence-electron chi connectivity index (χ1n) is 9.51. The van der Waals surface area contributed by atoms with Gasteiger partial charge in [0.25, 0.3) is 0 Å². The number of nitrogens with zero attached hydrogens (tertiary/aromatic N) is 1. The first-order valence-corrected chi connectivity index (χ1v) is 10.3. The molecule has 3 aromatic carbocycles. The number of fused-ring (bicyclic) bond motifs is 1. The molecule has 2 N–H and O–H groups in total. The van der Waals surface area contributed by atoms with Crippen molar-refractivity contribution in [2.24, 2.45) is 0 Å². The van der Waals surface area contributed by atoms with Gasteiger partial charge in [-0.3, -0.25) is 9.59 Å². The normalized spacial score (nSPS) is 12.2. The molecule has 0 aliphatic carbocycles. The molecule has 0 aliphatic rings. The van der Waals surface area contributed by atoms with Gasteiger partial charge < -0.3 is 14.8 Å². The molecule has 0 saturated carbocycles. The second-order valence-electron chi connectivity index (χ2n) is 6.96. The summed E-state index contributed by atoms with van der Waals surface area (Å²) in [6.07, 6.45) is 4.22. The highest BCUT2D eigenvalue weighted by Gasteiger charge is 2.26. The molecule has 4 aromatic rings. The summed E-state index contributed by atoms with van der Waals surface area (Å²) in [6, 6.07) is 16.0. The second-order valence-corrected chi connectivity index (χ2v) is 7.88. The maximum absolute atomic E-state index is 14.9. The summed E-state index contributed by atoms with van der Waals surface area (Å²) in [4.78, 5) is 28.1. The van der Waals surface area contributed by atoms with Crippen molar-refractivity contribution in [2.45, 2.75) is 5.92 Å². The number of hydrogen-bond donors (Lipinski definition) is 2. The molecule has 1 unspecified atom stereocenters. The minimum absolute atomic E-state index is 0.0250. The van der Waals surface area contributed by atoms with Gasteiger partial charge in [-0.1, -0.05) is 40.2 Å². The van der Waals surface area contributed by atoms with Gasteiger partial charge in [0.1, 0.15) is 17.3 Å². The summed E-state index contributed by atoms with van der Waals surface area (Å²) < 4.78 is 20.9. The van der Waals surface area contributed by atoms with E-state index in [0.717, 1.165) is 16.1 Å². The zero-order valence-electron chi connectivity index (χ0n) is 16.5. The van der Waals surface area contributed by atoms with Crippen LogP contribution in [0.15, 0.2) is 82.0 Å². The number of carbonyl (C=O) groups excluding carboxylic acids is 1. The molecule has 0 bridgehead atoms. The van der Waals surface area contributed by atoms with Gasteiger partial charge in [-0.2, -0.15) is 0 Å². The van der Waals surface area contributed by atoms with E-state index in [1.807, 2.05) is 24.3 Å². The van der Waals surface area contributed by atoms with Crippen molar-refractivity contribution in [2.75, 3.05) is 5.32 Å². The molecular weight excluding hydrogens is 479 g/mol. The average Bonchev–Trinajstić information content (AvgIpc) is 3.22. The van der Waals surface area contributed by atoms with Crippen LogP contribution in [0.4, 0.5) is 10.1 Å². The number of anilines is 1. The van der Waals surface area contributed by atoms with E-state index in [-0.39, 0.29) is 11.3 Å². The summed E-state index contributed by atoms with van der Waals surface area (Å²) in [5, 5.41) is 12.3. The van der Waals surface area contributed by atoms with Gasteiger partial charge in [0, 0.05) is 21.8 Å². The molecule has 1 heterocycles. The van der Waals surface area contributed by atoms with Crippen LogP contribution in [0.5, 0.6) is 0 Å². The molecule has 4 rings (SSSR count). The largest absolute Gasteiger partial charge is 0.481 e. The lowest BCUT2D eigenvalue weighted by Crippen LogP contribution is -2.15. The standard InChI is InChI=1S/C24H16BrFN2O4/c25-16-3-1-2-14(10-16)4-9-22(29)28-17-6-7-18(19(26)12-17)23(24(30)31)15-5-8-21-20(11-15)27-13-32-21/h1-13,23H,(H,28,29)(H,30,31). The number of carboxylic acids is 1. The zero-order valence-corrected chi connectivity index (χ0v) is 18.0. The Morgan fingerprint density at radius 1 is 1.12 bits per heavy atom. The molecule has 1 atom stereocenters. The van der Waals surface area contributed by atoms with Gasteiger partial charge in [0.05, 0.1) is 0 Å². The molecule has 6 nitrogen and oxygen atoms in total. The minimum Gasteiger partial charge on any atom is -0.481 e. The Balaban J connectivity index is 1.54. The van der Waals surface area contributed by atoms with Gasteiger partial charge in [-0.05, 0) is 53.6 Å². The highest BCUT2D eigenvalue weighted by atomic mass is 79.9. The number of nitrogens with one attached hydrogen (secondary N) is 1. The minimum atomic E-state index is -1.24. The first-order chi connectivity index (χ1) is 15.4. The molecule has 1 amide bonds. The van der Waals surface area contributed by atoms with Crippen molar-refractivity contribution in [1.29, 1.82) is 0 Å². The van der Waals surface area contributed by atoms with Gasteiger partial charge in [-0.25, -0.2) is 9.37 Å². The van der Waals surface area contributed by atoms with Crippen LogP contribution in [-0.2, 0) is 9.59 Å². The van der Waals surface area contributed by atoms with Crippen LogP contribution in [-0.4, -0.2) is 22.0 Å². The van der Waals surface area contributed by atoms with Gasteiger partial charge in [0.15, 0.2) is 12.0 Å². The highest BCUT2D eigenvalue weighted by molar-refractivity contribution is 9.10. The number of benzene rings is 3. The SMILES string of the molecule is O=C(C=Cc1cccc(Br)c1)Nc1ccc(C(C(=O)O)c2ccc3ocnc3c2)c(F)c1. The number of aliphatic carboxylic acids is 1. The topological polar surface area (TPSA) is 92.4 Å². The second kappa shape index (κ2) is 9.15. The number of halogens is 2. The Morgan fingerprint density at radius 2 is 1.97 bits per heavy atom. The molecule has 0 aliphatic heterocycles. The molecule has 8 heteroatoms. The van der Waals surface area contributed by atoms with Crippen LogP contribution in [0.2, 0.25) is 0 Å². The van der Waals surface area contributed by atoms with Crippen LogP contribution >= 0.6 is 15.9 Å². The maximum atomic E-state index is 14.9. The van der Waals surface area contributed by atoms with E-state index in [9.17, 15) is 19.1 Å². The summed E-state index contributed by atoms with van der Waals surface area (Å²) >= 11 is 3.36. The Hall–Kier alpha value is -3.78. The van der Waals surface area contributed by atoms with Gasteiger partial charge in [-0.15, -0.1) is 0 Å². The van der Waals surface area contributed by atoms with Crippen molar-refractivity contribution in [3.63, 3.8) is 0 Å². The number of aromatic nitrogens is 1. The molecule has 0 radical (unpaired) electrons. The Labute approximate surface area is 190 Å². The molecule has 1 aromatic heterocycles. The molecular formula is C24H16BrFN2O4. The predicted octanol–water partition coefficient (Wildman–Crippen LogP) is 5.60. The quantitative estimate of drug-likeness (QED) is 0.340. The van der Waals surface area contributed by atoms with Crippen LogP contribution in [0.25, 0.3) is 17.2 Å². The Kier molecular flexibility index (Phi) is 6.13.